The summed E-state index contributed by atoms with van der Waals surface area (Å²) < 4.78 is 0. The predicted octanol–water partition coefficient (Wildman–Crippen LogP) is -0.595. The summed E-state index contributed by atoms with van der Waals surface area (Å²) in [5.41, 5.74) is 11.2. The fourth-order valence-electron chi connectivity index (χ4n) is 0.369. The van der Waals surface area contributed by atoms with Crippen LogP contribution in [0.5, 0.6) is 0 Å². The van der Waals surface area contributed by atoms with E-state index >= 15 is 0 Å². The summed E-state index contributed by atoms with van der Waals surface area (Å²) >= 11 is 0. The number of aldehydes is 1. The molecule has 4 nitrogen and oxygen atoms in total. The molecule has 10 heavy (non-hydrogen) atoms. The molecule has 0 radical (unpaired) electrons. The van der Waals surface area contributed by atoms with Crippen LogP contribution in [0, 0.1) is 0 Å². The number of nitrogens with two attached hydrogens (primary N) is 2. The van der Waals surface area contributed by atoms with Crippen molar-refractivity contribution in [3.8, 4) is 0 Å². The monoisotopic (exact) mass is 141 g/mol. The second-order valence-electron chi connectivity index (χ2n) is 1.76. The highest BCUT2D eigenvalue weighted by molar-refractivity contribution is 5.88. The molecule has 0 saturated heterocycles. The molecule has 0 aliphatic rings. The van der Waals surface area contributed by atoms with E-state index in [-0.39, 0.29) is 5.70 Å². The maximum absolute atomic E-state index is 10.1. The van der Waals surface area contributed by atoms with Gasteiger partial charge in [-0.2, -0.15) is 0 Å². The van der Waals surface area contributed by atoms with Crippen LogP contribution >= 0.6 is 0 Å². The van der Waals surface area contributed by atoms with E-state index in [1.807, 2.05) is 0 Å². The summed E-state index contributed by atoms with van der Waals surface area (Å²) in [4.78, 5) is 13.9. The fourth-order valence-corrected chi connectivity index (χ4v) is 0.369. The first kappa shape index (κ1) is 8.84. The second kappa shape index (κ2) is 4.69. The van der Waals surface area contributed by atoms with Crippen molar-refractivity contribution in [2.45, 2.75) is 6.92 Å². The first-order valence-electron chi connectivity index (χ1n) is 2.86. The average Bonchev–Trinajstić information content (AvgIpc) is 1.99. The molecule has 0 aromatic rings. The summed E-state index contributed by atoms with van der Waals surface area (Å²) in [5.74, 6) is 0. The molecule has 0 unspecified atom stereocenters. The first-order valence-corrected chi connectivity index (χ1v) is 2.86. The molecule has 56 valence electrons. The van der Waals surface area contributed by atoms with Crippen LogP contribution in [0.2, 0.25) is 0 Å². The highest BCUT2D eigenvalue weighted by atomic mass is 16.1. The van der Waals surface area contributed by atoms with Gasteiger partial charge in [-0.1, -0.05) is 0 Å². The summed E-state index contributed by atoms with van der Waals surface area (Å²) in [6, 6.07) is 0. The van der Waals surface area contributed by atoms with E-state index in [1.165, 1.54) is 0 Å². The third-order valence-corrected chi connectivity index (χ3v) is 0.907. The highest BCUT2D eigenvalue weighted by Gasteiger charge is 1.89. The van der Waals surface area contributed by atoms with Gasteiger partial charge in [-0.05, 0) is 6.92 Å². The molecule has 0 aliphatic heterocycles. The zero-order valence-electron chi connectivity index (χ0n) is 5.87. The smallest absolute Gasteiger partial charge is 0.169 e. The van der Waals surface area contributed by atoms with Crippen LogP contribution in [-0.2, 0) is 4.79 Å². The van der Waals surface area contributed by atoms with Crippen LogP contribution in [0.1, 0.15) is 6.92 Å². The lowest BCUT2D eigenvalue weighted by Gasteiger charge is -1.92. The number of hydrogen-bond donors (Lipinski definition) is 2. The van der Waals surface area contributed by atoms with Crippen molar-refractivity contribution in [2.75, 3.05) is 6.54 Å². The van der Waals surface area contributed by atoms with Gasteiger partial charge in [-0.3, -0.25) is 9.79 Å². The van der Waals surface area contributed by atoms with Gasteiger partial charge < -0.3 is 11.5 Å². The molecule has 0 bridgehead atoms. The third-order valence-electron chi connectivity index (χ3n) is 0.907. The predicted molar refractivity (Wildman–Crippen MR) is 40.5 cm³/mol. The van der Waals surface area contributed by atoms with Crippen LogP contribution in [0.3, 0.4) is 0 Å². The molecule has 0 spiro atoms. The van der Waals surface area contributed by atoms with E-state index in [0.717, 1.165) is 6.20 Å². The quantitative estimate of drug-likeness (QED) is 0.313. The normalized spacial score (nSPS) is 13.4. The number of nitrogens with zero attached hydrogens (tertiary/aromatic N) is 1. The minimum Gasteiger partial charge on any atom is -0.403 e. The van der Waals surface area contributed by atoms with E-state index in [0.29, 0.717) is 18.5 Å². The van der Waals surface area contributed by atoms with Gasteiger partial charge in [0.15, 0.2) is 6.29 Å². The van der Waals surface area contributed by atoms with E-state index in [9.17, 15) is 4.79 Å². The van der Waals surface area contributed by atoms with Crippen molar-refractivity contribution in [2.24, 2.45) is 16.5 Å². The van der Waals surface area contributed by atoms with E-state index in [2.05, 4.69) is 4.99 Å². The number of carbonyl (C=O) groups excluding carboxylic acids is 1. The molecule has 0 aromatic heterocycles. The molecule has 0 atom stereocenters. The van der Waals surface area contributed by atoms with Gasteiger partial charge in [0.1, 0.15) is 5.70 Å². The molecule has 0 fully saturated rings. The van der Waals surface area contributed by atoms with Gasteiger partial charge in [-0.25, -0.2) is 0 Å². The summed E-state index contributed by atoms with van der Waals surface area (Å²) in [7, 11) is 0. The lowest BCUT2D eigenvalue weighted by atomic mass is 10.4. The number of rotatable bonds is 3. The van der Waals surface area contributed by atoms with E-state index < -0.39 is 0 Å². The first-order chi connectivity index (χ1) is 4.74. The van der Waals surface area contributed by atoms with Crippen LogP contribution in [0.15, 0.2) is 16.9 Å². The van der Waals surface area contributed by atoms with Crippen molar-refractivity contribution in [1.29, 1.82) is 0 Å². The molecule has 0 heterocycles. The van der Waals surface area contributed by atoms with Gasteiger partial charge in [0.05, 0.1) is 0 Å². The van der Waals surface area contributed by atoms with E-state index in [1.54, 1.807) is 6.92 Å². The molecule has 4 N–H and O–H groups in total. The van der Waals surface area contributed by atoms with Crippen molar-refractivity contribution < 1.29 is 4.79 Å². The standard InChI is InChI=1S/C6H11N3O/c1-5(2-7)9-6(3-8)4-10/h3-4H,2,7-8H2,1H3/b6-3-,9-5?. The molecule has 4 heteroatoms. The van der Waals surface area contributed by atoms with Crippen LogP contribution in [0.25, 0.3) is 0 Å². The Labute approximate surface area is 59.6 Å². The zero-order valence-corrected chi connectivity index (χ0v) is 5.87. The zero-order chi connectivity index (χ0) is 7.98. The molecule has 0 amide bonds. The molecule has 0 saturated carbocycles. The molecular weight excluding hydrogens is 130 g/mol. The molecule has 0 aromatic carbocycles. The topological polar surface area (TPSA) is 81.5 Å². The van der Waals surface area contributed by atoms with Gasteiger partial charge in [0.2, 0.25) is 0 Å². The summed E-state index contributed by atoms with van der Waals surface area (Å²) in [6.07, 6.45) is 1.73. The Bertz CT molecular complexity index is 172. The maximum Gasteiger partial charge on any atom is 0.169 e. The van der Waals surface area contributed by atoms with Crippen molar-refractivity contribution >= 4 is 12.0 Å². The second-order valence-corrected chi connectivity index (χ2v) is 1.76. The Kier molecular flexibility index (Phi) is 4.15. The lowest BCUT2D eigenvalue weighted by Crippen LogP contribution is -2.10. The molecular formula is C6H11N3O. The number of allylic oxidation sites excluding steroid dienone is 1. The average molecular weight is 141 g/mol. The van der Waals surface area contributed by atoms with Gasteiger partial charge in [0.25, 0.3) is 0 Å². The molecule has 0 aliphatic carbocycles. The van der Waals surface area contributed by atoms with E-state index in [4.69, 9.17) is 11.5 Å². The SMILES string of the molecule is CC(CN)=N/C(C=O)=C\N. The van der Waals surface area contributed by atoms with Crippen molar-refractivity contribution in [3.05, 3.63) is 11.9 Å². The van der Waals surface area contributed by atoms with Crippen LogP contribution in [0.4, 0.5) is 0 Å². The van der Waals surface area contributed by atoms with Gasteiger partial charge in [-0.15, -0.1) is 0 Å². The molecule has 0 rings (SSSR count). The minimum absolute atomic E-state index is 0.211. The lowest BCUT2D eigenvalue weighted by molar-refractivity contribution is -0.104. The Balaban J connectivity index is 4.22. The Morgan fingerprint density at radius 3 is 2.60 bits per heavy atom. The van der Waals surface area contributed by atoms with Crippen molar-refractivity contribution in [3.63, 3.8) is 0 Å². The largest absolute Gasteiger partial charge is 0.403 e. The summed E-state index contributed by atoms with van der Waals surface area (Å²) in [5, 5.41) is 0. The highest BCUT2D eigenvalue weighted by Crippen LogP contribution is 1.88. The third kappa shape index (κ3) is 2.99. The number of aliphatic imine (C=N–C) groups is 1. The Hall–Kier alpha value is -1.16. The van der Waals surface area contributed by atoms with Gasteiger partial charge in [0, 0.05) is 18.5 Å². The number of hydrogen-bond acceptors (Lipinski definition) is 4. The summed E-state index contributed by atoms with van der Waals surface area (Å²) in [6.45, 7) is 2.07. The number of carbonyl (C=O) groups is 1. The van der Waals surface area contributed by atoms with Crippen LogP contribution < -0.4 is 11.5 Å². The van der Waals surface area contributed by atoms with Gasteiger partial charge >= 0.3 is 0 Å². The fraction of sp³-hybridized carbons (Fsp3) is 0.333. The Morgan fingerprint density at radius 2 is 2.30 bits per heavy atom. The maximum atomic E-state index is 10.1. The van der Waals surface area contributed by atoms with Crippen molar-refractivity contribution in [1.82, 2.24) is 0 Å². The minimum atomic E-state index is 0.211. The van der Waals surface area contributed by atoms with Crippen LogP contribution in [-0.4, -0.2) is 18.5 Å². The Morgan fingerprint density at radius 1 is 1.70 bits per heavy atom.